The molecule has 1 atom stereocenters. The van der Waals surface area contributed by atoms with Gasteiger partial charge in [0.15, 0.2) is 0 Å². The van der Waals surface area contributed by atoms with Crippen molar-refractivity contribution in [3.8, 4) is 0 Å². The van der Waals surface area contributed by atoms with E-state index in [2.05, 4.69) is 13.8 Å². The van der Waals surface area contributed by atoms with Gasteiger partial charge in [0.05, 0.1) is 13.0 Å². The first-order valence-corrected chi connectivity index (χ1v) is 10.4. The lowest BCUT2D eigenvalue weighted by Crippen LogP contribution is -2.29. The highest BCUT2D eigenvalue weighted by Gasteiger charge is 2.22. The molecule has 28 heavy (non-hydrogen) atoms. The molecule has 0 spiro atoms. The van der Waals surface area contributed by atoms with Crippen LogP contribution in [0.4, 0.5) is 0 Å². The Morgan fingerprint density at radius 2 is 1.89 bits per heavy atom. The van der Waals surface area contributed by atoms with Gasteiger partial charge in [-0.3, -0.25) is 14.4 Å². The number of amides is 1. The summed E-state index contributed by atoms with van der Waals surface area (Å²) in [4.78, 5) is 38.0. The molecule has 1 heterocycles. The van der Waals surface area contributed by atoms with Crippen LogP contribution in [0.3, 0.4) is 0 Å². The zero-order chi connectivity index (χ0) is 20.5. The molecule has 1 saturated heterocycles. The van der Waals surface area contributed by atoms with Crippen molar-refractivity contribution >= 4 is 29.3 Å². The summed E-state index contributed by atoms with van der Waals surface area (Å²) in [6, 6.07) is 7.26. The van der Waals surface area contributed by atoms with Gasteiger partial charge in [-0.2, -0.15) is 0 Å². The molecule has 154 valence electrons. The number of halogens is 1. The van der Waals surface area contributed by atoms with Crippen LogP contribution in [0.5, 0.6) is 0 Å². The second-order valence-electron chi connectivity index (χ2n) is 7.83. The molecule has 5 nitrogen and oxygen atoms in total. The highest BCUT2D eigenvalue weighted by atomic mass is 35.5. The monoisotopic (exact) mass is 407 g/mol. The van der Waals surface area contributed by atoms with Gasteiger partial charge in [0.1, 0.15) is 12.4 Å². The molecule has 0 saturated carbocycles. The molecule has 0 aliphatic carbocycles. The van der Waals surface area contributed by atoms with Crippen molar-refractivity contribution in [3.05, 3.63) is 34.9 Å². The summed E-state index contributed by atoms with van der Waals surface area (Å²) < 4.78 is 5.34. The molecule has 0 aromatic heterocycles. The van der Waals surface area contributed by atoms with Crippen LogP contribution in [-0.4, -0.2) is 42.3 Å². The van der Waals surface area contributed by atoms with E-state index in [1.807, 2.05) is 12.1 Å². The van der Waals surface area contributed by atoms with E-state index >= 15 is 0 Å². The molecule has 2 rings (SSSR count). The first kappa shape index (κ1) is 22.4. The fourth-order valence-electron chi connectivity index (χ4n) is 3.34. The van der Waals surface area contributed by atoms with Gasteiger partial charge in [0.2, 0.25) is 5.91 Å². The smallest absolute Gasteiger partial charge is 0.306 e. The topological polar surface area (TPSA) is 63.7 Å². The van der Waals surface area contributed by atoms with Gasteiger partial charge in [-0.25, -0.2) is 0 Å². The molecule has 1 amide bonds. The average molecular weight is 408 g/mol. The number of ether oxygens (including phenoxy) is 1. The van der Waals surface area contributed by atoms with Crippen molar-refractivity contribution in [2.75, 3.05) is 19.7 Å². The van der Waals surface area contributed by atoms with E-state index in [4.69, 9.17) is 16.3 Å². The van der Waals surface area contributed by atoms with Gasteiger partial charge < -0.3 is 9.64 Å². The molecule has 0 bridgehead atoms. The largest absolute Gasteiger partial charge is 0.464 e. The average Bonchev–Trinajstić information content (AvgIpc) is 3.05. The highest BCUT2D eigenvalue weighted by Crippen LogP contribution is 2.27. The Morgan fingerprint density at radius 3 is 2.50 bits per heavy atom. The lowest BCUT2D eigenvalue weighted by molar-refractivity contribution is -0.145. The molecule has 0 N–H and O–H groups in total. The summed E-state index contributed by atoms with van der Waals surface area (Å²) in [5.41, 5.74) is 0.911. The van der Waals surface area contributed by atoms with Crippen molar-refractivity contribution in [3.63, 3.8) is 0 Å². The van der Waals surface area contributed by atoms with Crippen molar-refractivity contribution in [2.45, 2.75) is 58.3 Å². The predicted molar refractivity (Wildman–Crippen MR) is 109 cm³/mol. The second-order valence-corrected chi connectivity index (χ2v) is 8.27. The molecule has 1 aromatic carbocycles. The summed E-state index contributed by atoms with van der Waals surface area (Å²) in [6.07, 6.45) is 3.26. The van der Waals surface area contributed by atoms with Gasteiger partial charge in [-0.15, -0.1) is 0 Å². The SMILES string of the molecule is CC(C)CCC(=O)CC(CC(=O)OCCN1CCCC1=O)c1ccc(Cl)cc1. The summed E-state index contributed by atoms with van der Waals surface area (Å²) in [6.45, 7) is 5.54. The maximum Gasteiger partial charge on any atom is 0.306 e. The summed E-state index contributed by atoms with van der Waals surface area (Å²) in [5, 5.41) is 0.617. The van der Waals surface area contributed by atoms with E-state index in [0.29, 0.717) is 36.7 Å². The van der Waals surface area contributed by atoms with Crippen LogP contribution in [0.25, 0.3) is 0 Å². The number of carbonyl (C=O) groups is 3. The van der Waals surface area contributed by atoms with E-state index in [1.54, 1.807) is 17.0 Å². The third kappa shape index (κ3) is 7.63. The molecular formula is C22H30ClNO4. The Morgan fingerprint density at radius 1 is 1.18 bits per heavy atom. The highest BCUT2D eigenvalue weighted by molar-refractivity contribution is 6.30. The fraction of sp³-hybridized carbons (Fsp3) is 0.591. The Labute approximate surface area is 172 Å². The molecule has 1 unspecified atom stereocenters. The number of benzene rings is 1. The zero-order valence-electron chi connectivity index (χ0n) is 16.8. The van der Waals surface area contributed by atoms with E-state index < -0.39 is 0 Å². The van der Waals surface area contributed by atoms with Crippen LogP contribution in [-0.2, 0) is 19.1 Å². The third-order valence-electron chi connectivity index (χ3n) is 5.02. The third-order valence-corrected chi connectivity index (χ3v) is 5.28. The maximum atomic E-state index is 12.4. The Bertz CT molecular complexity index is 672. The molecule has 1 fully saturated rings. The molecular weight excluding hydrogens is 378 g/mol. The van der Waals surface area contributed by atoms with E-state index in [-0.39, 0.29) is 36.6 Å². The minimum absolute atomic E-state index is 0.117. The zero-order valence-corrected chi connectivity index (χ0v) is 17.5. The van der Waals surface area contributed by atoms with Crippen LogP contribution in [0.15, 0.2) is 24.3 Å². The Kier molecular flexibility index (Phi) is 8.97. The number of Topliss-reactive ketones (excluding diaryl/α,β-unsaturated/α-hetero) is 1. The number of hydrogen-bond donors (Lipinski definition) is 0. The van der Waals surface area contributed by atoms with Crippen LogP contribution in [0, 0.1) is 5.92 Å². The summed E-state index contributed by atoms with van der Waals surface area (Å²) in [5.74, 6) is 0.173. The number of carbonyl (C=O) groups excluding carboxylic acids is 3. The summed E-state index contributed by atoms with van der Waals surface area (Å²) >= 11 is 5.96. The molecule has 1 aliphatic heterocycles. The van der Waals surface area contributed by atoms with Gasteiger partial charge in [0.25, 0.3) is 0 Å². The van der Waals surface area contributed by atoms with E-state index in [1.165, 1.54) is 0 Å². The van der Waals surface area contributed by atoms with Gasteiger partial charge in [-0.1, -0.05) is 37.6 Å². The quantitative estimate of drug-likeness (QED) is 0.511. The molecule has 1 aromatic rings. The summed E-state index contributed by atoms with van der Waals surface area (Å²) in [7, 11) is 0. The molecule has 1 aliphatic rings. The predicted octanol–water partition coefficient (Wildman–Crippen LogP) is 4.37. The van der Waals surface area contributed by atoms with Gasteiger partial charge >= 0.3 is 5.97 Å². The van der Waals surface area contributed by atoms with Crippen molar-refractivity contribution in [1.82, 2.24) is 4.90 Å². The lowest BCUT2D eigenvalue weighted by Gasteiger charge is -2.18. The van der Waals surface area contributed by atoms with Crippen molar-refractivity contribution in [2.24, 2.45) is 5.92 Å². The molecule has 0 radical (unpaired) electrons. The van der Waals surface area contributed by atoms with Crippen molar-refractivity contribution < 1.29 is 19.1 Å². The number of ketones is 1. The normalized spacial score (nSPS) is 15.1. The lowest BCUT2D eigenvalue weighted by atomic mass is 9.89. The van der Waals surface area contributed by atoms with Crippen LogP contribution < -0.4 is 0 Å². The van der Waals surface area contributed by atoms with Crippen LogP contribution in [0.1, 0.15) is 63.9 Å². The number of esters is 1. The Balaban J connectivity index is 1.90. The number of likely N-dealkylation sites (tertiary alicyclic amines) is 1. The van der Waals surface area contributed by atoms with Gasteiger partial charge in [0, 0.05) is 36.7 Å². The van der Waals surface area contributed by atoms with Gasteiger partial charge in [-0.05, 0) is 36.5 Å². The first-order chi connectivity index (χ1) is 13.3. The van der Waals surface area contributed by atoms with Crippen LogP contribution in [0.2, 0.25) is 5.02 Å². The first-order valence-electron chi connectivity index (χ1n) is 10.1. The van der Waals surface area contributed by atoms with E-state index in [9.17, 15) is 14.4 Å². The number of hydrogen-bond acceptors (Lipinski definition) is 4. The molecule has 6 heteroatoms. The number of rotatable bonds is 11. The standard InChI is InChI=1S/C22H30ClNO4/c1-16(2)5-10-20(25)14-18(17-6-8-19(23)9-7-17)15-22(27)28-13-12-24-11-3-4-21(24)26/h6-9,16,18H,3-5,10-15H2,1-2H3. The van der Waals surface area contributed by atoms with E-state index in [0.717, 1.165) is 24.9 Å². The minimum atomic E-state index is -0.344. The number of nitrogens with zero attached hydrogens (tertiary/aromatic N) is 1. The Hall–Kier alpha value is -1.88. The van der Waals surface area contributed by atoms with Crippen molar-refractivity contribution in [1.29, 1.82) is 0 Å². The van der Waals surface area contributed by atoms with Crippen LogP contribution >= 0.6 is 11.6 Å². The second kappa shape index (κ2) is 11.2. The maximum absolute atomic E-state index is 12.4. The minimum Gasteiger partial charge on any atom is -0.464 e. The fourth-order valence-corrected chi connectivity index (χ4v) is 3.47.